The lowest BCUT2D eigenvalue weighted by molar-refractivity contribution is 0.272. The van der Waals surface area contributed by atoms with Crippen LogP contribution in [0.5, 0.6) is 17.2 Å². The number of aliphatic hydroxyl groups excluding tert-OH is 1. The van der Waals surface area contributed by atoms with Gasteiger partial charge in [-0.3, -0.25) is 4.57 Å². The maximum Gasteiger partial charge on any atom is 0.218 e. The van der Waals surface area contributed by atoms with Gasteiger partial charge in [0.25, 0.3) is 0 Å². The molecular formula is C25H30NO6P. The monoisotopic (exact) mass is 471 g/mol. The Kier molecular flexibility index (Phi) is 9.78. The summed E-state index contributed by atoms with van der Waals surface area (Å²) in [5.74, 6) is 1.49. The molecular weight excluding hydrogens is 441 g/mol. The highest BCUT2D eigenvalue weighted by Gasteiger charge is 2.03. The maximum absolute atomic E-state index is 11.1. The zero-order valence-corrected chi connectivity index (χ0v) is 19.4. The molecule has 0 saturated carbocycles. The molecule has 0 amide bonds. The molecule has 0 radical (unpaired) electrons. The molecule has 0 aliphatic heterocycles. The van der Waals surface area contributed by atoms with E-state index in [1.54, 1.807) is 36.4 Å². The number of hydrogen-bond donors (Lipinski definition) is 4. The SMILES string of the molecule is O=[PH](O)c1ccc(COc2ccc(CCNCCCOc3ccc(O)c(CO)c3)cc2)cc1. The highest BCUT2D eigenvalue weighted by Crippen LogP contribution is 2.23. The van der Waals surface area contributed by atoms with Crippen molar-refractivity contribution in [2.45, 2.75) is 26.1 Å². The second-order valence-electron chi connectivity index (χ2n) is 7.59. The lowest BCUT2D eigenvalue weighted by Crippen LogP contribution is -2.20. The van der Waals surface area contributed by atoms with E-state index < -0.39 is 8.03 Å². The average Bonchev–Trinajstić information content (AvgIpc) is 2.84. The predicted molar refractivity (Wildman–Crippen MR) is 129 cm³/mol. The second-order valence-corrected chi connectivity index (χ2v) is 8.77. The quantitative estimate of drug-likeness (QED) is 0.224. The summed E-state index contributed by atoms with van der Waals surface area (Å²) < 4.78 is 22.5. The molecule has 0 fully saturated rings. The van der Waals surface area contributed by atoms with E-state index in [0.29, 0.717) is 29.8 Å². The molecule has 176 valence electrons. The maximum atomic E-state index is 11.1. The zero-order chi connectivity index (χ0) is 23.5. The molecule has 3 aromatic carbocycles. The first-order chi connectivity index (χ1) is 16.0. The van der Waals surface area contributed by atoms with Crippen molar-refractivity contribution in [3.05, 3.63) is 83.4 Å². The van der Waals surface area contributed by atoms with Gasteiger partial charge in [0.1, 0.15) is 23.9 Å². The van der Waals surface area contributed by atoms with Crippen molar-refractivity contribution in [3.8, 4) is 17.2 Å². The van der Waals surface area contributed by atoms with E-state index in [4.69, 9.17) is 14.4 Å². The van der Waals surface area contributed by atoms with Crippen molar-refractivity contribution in [1.82, 2.24) is 5.32 Å². The topological polar surface area (TPSA) is 108 Å². The highest BCUT2D eigenvalue weighted by molar-refractivity contribution is 7.47. The van der Waals surface area contributed by atoms with E-state index in [2.05, 4.69) is 5.32 Å². The Balaban J connectivity index is 1.29. The van der Waals surface area contributed by atoms with Crippen LogP contribution in [-0.4, -0.2) is 34.8 Å². The van der Waals surface area contributed by atoms with E-state index in [1.807, 2.05) is 24.3 Å². The standard InChI is InChI=1S/C25H30NO6P/c27-17-21-16-23(8-11-25(21)28)31-15-1-13-26-14-12-19-2-6-22(7-3-19)32-18-20-4-9-24(10-5-20)33(29)30/h2-11,16,26-28,33H,1,12-15,17-18H2,(H,29,30). The smallest absolute Gasteiger partial charge is 0.218 e. The summed E-state index contributed by atoms with van der Waals surface area (Å²) in [5, 5.41) is 22.6. The Labute approximate surface area is 194 Å². The van der Waals surface area contributed by atoms with Gasteiger partial charge in [-0.05, 0) is 79.5 Å². The van der Waals surface area contributed by atoms with Gasteiger partial charge in [0.15, 0.2) is 0 Å². The summed E-state index contributed by atoms with van der Waals surface area (Å²) in [6.45, 7) is 2.42. The van der Waals surface area contributed by atoms with Crippen LogP contribution < -0.4 is 20.1 Å². The van der Waals surface area contributed by atoms with Gasteiger partial charge in [-0.25, -0.2) is 0 Å². The number of rotatable bonds is 13. The molecule has 0 aliphatic carbocycles. The first-order valence-corrected chi connectivity index (χ1v) is 12.2. The molecule has 1 unspecified atom stereocenters. The van der Waals surface area contributed by atoms with Gasteiger partial charge in [0.2, 0.25) is 8.03 Å². The largest absolute Gasteiger partial charge is 0.508 e. The van der Waals surface area contributed by atoms with Gasteiger partial charge in [0.05, 0.1) is 13.2 Å². The fraction of sp³-hybridized carbons (Fsp3) is 0.280. The summed E-state index contributed by atoms with van der Waals surface area (Å²) >= 11 is 0. The van der Waals surface area contributed by atoms with Crippen molar-refractivity contribution in [3.63, 3.8) is 0 Å². The Morgan fingerprint density at radius 1 is 0.848 bits per heavy atom. The van der Waals surface area contributed by atoms with Crippen LogP contribution >= 0.6 is 8.03 Å². The minimum absolute atomic E-state index is 0.0695. The fourth-order valence-electron chi connectivity index (χ4n) is 3.19. The van der Waals surface area contributed by atoms with Gasteiger partial charge in [-0.15, -0.1) is 0 Å². The third-order valence-electron chi connectivity index (χ3n) is 5.11. The average molecular weight is 471 g/mol. The molecule has 0 aliphatic rings. The normalized spacial score (nSPS) is 11.8. The number of benzene rings is 3. The van der Waals surface area contributed by atoms with Crippen LogP contribution in [0.15, 0.2) is 66.7 Å². The van der Waals surface area contributed by atoms with E-state index in [1.165, 1.54) is 11.6 Å². The van der Waals surface area contributed by atoms with E-state index in [0.717, 1.165) is 37.2 Å². The summed E-state index contributed by atoms with van der Waals surface area (Å²) in [4.78, 5) is 9.12. The molecule has 33 heavy (non-hydrogen) atoms. The number of phenols is 1. The van der Waals surface area contributed by atoms with Crippen molar-refractivity contribution < 1.29 is 29.1 Å². The molecule has 0 saturated heterocycles. The molecule has 0 heterocycles. The third-order valence-corrected chi connectivity index (χ3v) is 5.94. The molecule has 8 heteroatoms. The summed E-state index contributed by atoms with van der Waals surface area (Å²) in [7, 11) is -2.65. The molecule has 3 rings (SSSR count). The second kappa shape index (κ2) is 13.0. The highest BCUT2D eigenvalue weighted by atomic mass is 31.1. The predicted octanol–water partition coefficient (Wildman–Crippen LogP) is 3.16. The number of hydrogen-bond acceptors (Lipinski definition) is 6. The van der Waals surface area contributed by atoms with Crippen LogP contribution in [0.3, 0.4) is 0 Å². The van der Waals surface area contributed by atoms with Crippen molar-refractivity contribution >= 4 is 13.3 Å². The van der Waals surface area contributed by atoms with Gasteiger partial charge in [-0.1, -0.05) is 24.3 Å². The Morgan fingerprint density at radius 2 is 1.55 bits per heavy atom. The number of aliphatic hydroxyl groups is 1. The molecule has 0 aromatic heterocycles. The molecule has 1 atom stereocenters. The van der Waals surface area contributed by atoms with E-state index in [-0.39, 0.29) is 12.4 Å². The number of ether oxygens (including phenoxy) is 2. The minimum Gasteiger partial charge on any atom is -0.508 e. The van der Waals surface area contributed by atoms with Gasteiger partial charge < -0.3 is 29.9 Å². The molecule has 0 spiro atoms. The van der Waals surface area contributed by atoms with E-state index in [9.17, 15) is 14.8 Å². The molecule has 7 nitrogen and oxygen atoms in total. The van der Waals surface area contributed by atoms with Crippen LogP contribution in [0.1, 0.15) is 23.1 Å². The van der Waals surface area contributed by atoms with Crippen molar-refractivity contribution in [1.29, 1.82) is 0 Å². The molecule has 0 bridgehead atoms. The van der Waals surface area contributed by atoms with E-state index >= 15 is 0 Å². The number of nitrogens with one attached hydrogen (secondary N) is 1. The first kappa shape index (κ1) is 24.8. The summed E-state index contributed by atoms with van der Waals surface area (Å²) in [6.07, 6.45) is 1.75. The fourth-order valence-corrected chi connectivity index (χ4v) is 3.64. The Morgan fingerprint density at radius 3 is 2.24 bits per heavy atom. The lowest BCUT2D eigenvalue weighted by atomic mass is 10.1. The van der Waals surface area contributed by atoms with Crippen LogP contribution in [0, 0.1) is 0 Å². The van der Waals surface area contributed by atoms with Crippen LogP contribution in [-0.2, 0) is 24.2 Å². The van der Waals surface area contributed by atoms with Crippen LogP contribution in [0.4, 0.5) is 0 Å². The molecule has 4 N–H and O–H groups in total. The van der Waals surface area contributed by atoms with Crippen LogP contribution in [0.2, 0.25) is 0 Å². The molecule has 3 aromatic rings. The van der Waals surface area contributed by atoms with Gasteiger partial charge >= 0.3 is 0 Å². The van der Waals surface area contributed by atoms with Crippen molar-refractivity contribution in [2.24, 2.45) is 0 Å². The lowest BCUT2D eigenvalue weighted by Gasteiger charge is -2.10. The Hall–Kier alpha value is -2.83. The Bertz CT molecular complexity index is 1020. The minimum atomic E-state index is -2.65. The van der Waals surface area contributed by atoms with Gasteiger partial charge in [0, 0.05) is 10.9 Å². The van der Waals surface area contributed by atoms with Gasteiger partial charge in [-0.2, -0.15) is 0 Å². The third kappa shape index (κ3) is 8.22. The first-order valence-electron chi connectivity index (χ1n) is 10.9. The van der Waals surface area contributed by atoms with Crippen molar-refractivity contribution in [2.75, 3.05) is 19.7 Å². The zero-order valence-electron chi connectivity index (χ0n) is 18.4. The summed E-state index contributed by atoms with van der Waals surface area (Å²) in [6, 6.07) is 19.8. The summed E-state index contributed by atoms with van der Waals surface area (Å²) in [5.41, 5.74) is 2.61. The van der Waals surface area contributed by atoms with Crippen LogP contribution in [0.25, 0.3) is 0 Å². The number of aromatic hydroxyl groups is 1.